The van der Waals surface area contributed by atoms with Gasteiger partial charge in [-0.3, -0.25) is 0 Å². The molecule has 0 saturated heterocycles. The Morgan fingerprint density at radius 1 is 1.00 bits per heavy atom. The Morgan fingerprint density at radius 2 is 1.61 bits per heavy atom. The molecule has 0 amide bonds. The number of nitrogens with one attached hydrogen (secondary N) is 1. The molecule has 5 nitrogen and oxygen atoms in total. The van der Waals surface area contributed by atoms with Crippen molar-refractivity contribution in [3.63, 3.8) is 0 Å². The molecule has 92 valence electrons. The molecule has 0 spiro atoms. The molecule has 0 heterocycles. The second-order valence-corrected chi connectivity index (χ2v) is 3.51. The fraction of sp³-hybridized carbons (Fsp3) is 0. The number of anilines is 2. The molecule has 0 fully saturated rings. The van der Waals surface area contributed by atoms with E-state index in [-0.39, 0.29) is 11.5 Å². The number of carbonyl (C=O) groups is 1. The highest BCUT2D eigenvalue weighted by Gasteiger charge is 2.08. The molecule has 0 aliphatic rings. The highest BCUT2D eigenvalue weighted by molar-refractivity contribution is 5.73. The third-order valence-electron chi connectivity index (χ3n) is 2.26. The molecule has 0 atom stereocenters. The second kappa shape index (κ2) is 5.09. The molecule has 0 aliphatic carbocycles. The number of hydrogen-bond donors (Lipinski definition) is 3. The van der Waals surface area contributed by atoms with Gasteiger partial charge in [0, 0.05) is 0 Å². The molecule has 0 aromatic heterocycles. The minimum absolute atomic E-state index is 0.0719. The van der Waals surface area contributed by atoms with Crippen LogP contribution in [-0.4, -0.2) is 16.4 Å². The minimum atomic E-state index is -1.39. The van der Waals surface area contributed by atoms with E-state index in [9.17, 15) is 9.90 Å². The van der Waals surface area contributed by atoms with Crippen LogP contribution in [0.2, 0.25) is 0 Å². The van der Waals surface area contributed by atoms with E-state index in [4.69, 9.17) is 5.11 Å². The van der Waals surface area contributed by atoms with Gasteiger partial charge in [-0.25, -0.2) is 4.79 Å². The SMILES string of the molecule is O=C(O)Oc1ccccc1Nc1ccccc1O. The summed E-state index contributed by atoms with van der Waals surface area (Å²) in [5.41, 5.74) is 0.931. The normalized spacial score (nSPS) is 9.78. The van der Waals surface area contributed by atoms with Crippen molar-refractivity contribution in [2.24, 2.45) is 0 Å². The molecular weight excluding hydrogens is 234 g/mol. The lowest BCUT2D eigenvalue weighted by Crippen LogP contribution is -2.05. The van der Waals surface area contributed by atoms with Gasteiger partial charge in [-0.1, -0.05) is 24.3 Å². The molecule has 0 unspecified atom stereocenters. The van der Waals surface area contributed by atoms with E-state index < -0.39 is 6.16 Å². The maximum absolute atomic E-state index is 10.5. The zero-order chi connectivity index (χ0) is 13.0. The van der Waals surface area contributed by atoms with E-state index in [1.54, 1.807) is 36.4 Å². The van der Waals surface area contributed by atoms with Gasteiger partial charge in [0.25, 0.3) is 0 Å². The predicted octanol–water partition coefficient (Wildman–Crippen LogP) is 3.19. The van der Waals surface area contributed by atoms with Gasteiger partial charge < -0.3 is 20.3 Å². The number of phenols is 1. The van der Waals surface area contributed by atoms with Crippen LogP contribution >= 0.6 is 0 Å². The van der Waals surface area contributed by atoms with Crippen molar-refractivity contribution in [1.29, 1.82) is 0 Å². The second-order valence-electron chi connectivity index (χ2n) is 3.51. The summed E-state index contributed by atoms with van der Waals surface area (Å²) in [7, 11) is 0. The lowest BCUT2D eigenvalue weighted by molar-refractivity contribution is 0.144. The van der Waals surface area contributed by atoms with Crippen LogP contribution in [0.15, 0.2) is 48.5 Å². The van der Waals surface area contributed by atoms with Gasteiger partial charge in [-0.05, 0) is 24.3 Å². The Bertz CT molecular complexity index is 568. The van der Waals surface area contributed by atoms with Crippen LogP contribution in [0.25, 0.3) is 0 Å². The third kappa shape index (κ3) is 2.70. The highest BCUT2D eigenvalue weighted by atomic mass is 16.7. The first-order chi connectivity index (χ1) is 8.66. The summed E-state index contributed by atoms with van der Waals surface area (Å²) in [5, 5.41) is 21.1. The maximum Gasteiger partial charge on any atom is 0.511 e. The zero-order valence-electron chi connectivity index (χ0n) is 9.33. The zero-order valence-corrected chi connectivity index (χ0v) is 9.33. The average Bonchev–Trinajstić information content (AvgIpc) is 2.34. The Morgan fingerprint density at radius 3 is 2.28 bits per heavy atom. The first-order valence-corrected chi connectivity index (χ1v) is 5.21. The minimum Gasteiger partial charge on any atom is -0.506 e. The van der Waals surface area contributed by atoms with Gasteiger partial charge in [0.2, 0.25) is 0 Å². The van der Waals surface area contributed by atoms with Crippen molar-refractivity contribution in [1.82, 2.24) is 0 Å². The van der Waals surface area contributed by atoms with Crippen LogP contribution in [0.4, 0.5) is 16.2 Å². The standard InChI is InChI=1S/C13H11NO4/c15-11-7-3-1-5-9(11)14-10-6-2-4-8-12(10)18-13(16)17/h1-8,14-15H,(H,16,17). The molecule has 2 aromatic carbocycles. The van der Waals surface area contributed by atoms with Crippen LogP contribution < -0.4 is 10.1 Å². The van der Waals surface area contributed by atoms with Crippen LogP contribution in [-0.2, 0) is 0 Å². The molecule has 2 rings (SSSR count). The van der Waals surface area contributed by atoms with E-state index in [0.717, 1.165) is 0 Å². The summed E-state index contributed by atoms with van der Waals surface area (Å²) in [6.45, 7) is 0. The number of hydrogen-bond acceptors (Lipinski definition) is 4. The quantitative estimate of drug-likeness (QED) is 0.439. The number of benzene rings is 2. The van der Waals surface area contributed by atoms with Gasteiger partial charge in [-0.15, -0.1) is 0 Å². The van der Waals surface area contributed by atoms with Crippen molar-refractivity contribution in [3.05, 3.63) is 48.5 Å². The number of ether oxygens (including phenoxy) is 1. The van der Waals surface area contributed by atoms with Crippen LogP contribution in [0, 0.1) is 0 Å². The van der Waals surface area contributed by atoms with E-state index in [0.29, 0.717) is 11.4 Å². The van der Waals surface area contributed by atoms with Crippen molar-refractivity contribution < 1.29 is 19.7 Å². The Hall–Kier alpha value is -2.69. The Labute approximate surface area is 103 Å². The van der Waals surface area contributed by atoms with Crippen LogP contribution in [0.3, 0.4) is 0 Å². The van der Waals surface area contributed by atoms with Crippen molar-refractivity contribution in [3.8, 4) is 11.5 Å². The lowest BCUT2D eigenvalue weighted by atomic mass is 10.2. The number of aromatic hydroxyl groups is 1. The first-order valence-electron chi connectivity index (χ1n) is 5.21. The van der Waals surface area contributed by atoms with Crippen molar-refractivity contribution in [2.75, 3.05) is 5.32 Å². The first kappa shape index (κ1) is 11.8. The summed E-state index contributed by atoms with van der Waals surface area (Å²) < 4.78 is 4.63. The molecule has 0 aliphatic heterocycles. The molecule has 3 N–H and O–H groups in total. The molecule has 5 heteroatoms. The molecule has 0 saturated carbocycles. The topological polar surface area (TPSA) is 78.8 Å². The van der Waals surface area contributed by atoms with E-state index >= 15 is 0 Å². The van der Waals surface area contributed by atoms with Gasteiger partial charge in [0.1, 0.15) is 5.75 Å². The average molecular weight is 245 g/mol. The summed E-state index contributed by atoms with van der Waals surface area (Å²) in [4.78, 5) is 10.5. The third-order valence-corrected chi connectivity index (χ3v) is 2.26. The molecule has 0 bridgehead atoms. The largest absolute Gasteiger partial charge is 0.511 e. The number of para-hydroxylation sites is 4. The monoisotopic (exact) mass is 245 g/mol. The van der Waals surface area contributed by atoms with Gasteiger partial charge >= 0.3 is 6.16 Å². The summed E-state index contributed by atoms with van der Waals surface area (Å²) >= 11 is 0. The predicted molar refractivity (Wildman–Crippen MR) is 66.5 cm³/mol. The fourth-order valence-electron chi connectivity index (χ4n) is 1.48. The Kier molecular flexibility index (Phi) is 3.33. The molecule has 18 heavy (non-hydrogen) atoms. The molecular formula is C13H11NO4. The number of phenolic OH excluding ortho intramolecular Hbond substituents is 1. The molecule has 2 aromatic rings. The van der Waals surface area contributed by atoms with Crippen molar-refractivity contribution >= 4 is 17.5 Å². The van der Waals surface area contributed by atoms with E-state index in [1.165, 1.54) is 12.1 Å². The van der Waals surface area contributed by atoms with E-state index in [1.807, 2.05) is 0 Å². The highest BCUT2D eigenvalue weighted by Crippen LogP contribution is 2.31. The van der Waals surface area contributed by atoms with Gasteiger partial charge in [0.15, 0.2) is 5.75 Å². The van der Waals surface area contributed by atoms with Crippen LogP contribution in [0.1, 0.15) is 0 Å². The lowest BCUT2D eigenvalue weighted by Gasteiger charge is -2.11. The van der Waals surface area contributed by atoms with Crippen molar-refractivity contribution in [2.45, 2.75) is 0 Å². The summed E-state index contributed by atoms with van der Waals surface area (Å²) in [6, 6.07) is 13.2. The maximum atomic E-state index is 10.5. The fourth-order valence-corrected chi connectivity index (χ4v) is 1.48. The Balaban J connectivity index is 2.29. The summed E-state index contributed by atoms with van der Waals surface area (Å²) in [5.74, 6) is 0.246. The van der Waals surface area contributed by atoms with Gasteiger partial charge in [-0.2, -0.15) is 0 Å². The van der Waals surface area contributed by atoms with Crippen LogP contribution in [0.5, 0.6) is 11.5 Å². The van der Waals surface area contributed by atoms with Gasteiger partial charge in [0.05, 0.1) is 11.4 Å². The van der Waals surface area contributed by atoms with E-state index in [2.05, 4.69) is 10.1 Å². The smallest absolute Gasteiger partial charge is 0.506 e. The molecule has 0 radical (unpaired) electrons. The number of rotatable bonds is 3. The number of carboxylic acid groups (broad SMARTS) is 1. The summed E-state index contributed by atoms with van der Waals surface area (Å²) in [6.07, 6.45) is -1.39.